The molecular formula is C12H8F2N2O3. The fraction of sp³-hybridized carbons (Fsp3) is 0.0833. The number of methoxy groups -OCH3 is 1. The summed E-state index contributed by atoms with van der Waals surface area (Å²) in [4.78, 5) is 27.7. The third-order valence-corrected chi connectivity index (χ3v) is 2.37. The number of aromatic amines is 1. The smallest absolute Gasteiger partial charge is 0.345 e. The average molecular weight is 266 g/mol. The first-order chi connectivity index (χ1) is 9.01. The van der Waals surface area contributed by atoms with Crippen molar-refractivity contribution in [2.24, 2.45) is 0 Å². The maximum absolute atomic E-state index is 13.5. The zero-order chi connectivity index (χ0) is 14.0. The first-order valence-corrected chi connectivity index (χ1v) is 5.15. The summed E-state index contributed by atoms with van der Waals surface area (Å²) in [6, 6.07) is 3.15. The van der Waals surface area contributed by atoms with Crippen molar-refractivity contribution < 1.29 is 18.3 Å². The van der Waals surface area contributed by atoms with E-state index in [0.29, 0.717) is 0 Å². The molecule has 2 rings (SSSR count). The van der Waals surface area contributed by atoms with Crippen LogP contribution in [0.1, 0.15) is 10.4 Å². The molecule has 0 amide bonds. The monoisotopic (exact) mass is 266 g/mol. The predicted octanol–water partition coefficient (Wildman–Crippen LogP) is 1.50. The van der Waals surface area contributed by atoms with Crippen molar-refractivity contribution in [3.8, 4) is 11.3 Å². The van der Waals surface area contributed by atoms with Gasteiger partial charge in [0.1, 0.15) is 5.82 Å². The van der Waals surface area contributed by atoms with Gasteiger partial charge in [0.25, 0.3) is 0 Å². The Morgan fingerprint density at radius 3 is 2.74 bits per heavy atom. The third kappa shape index (κ3) is 2.65. The molecule has 5 nitrogen and oxygen atoms in total. The minimum atomic E-state index is -0.832. The quantitative estimate of drug-likeness (QED) is 0.836. The number of hydrogen-bond acceptors (Lipinski definition) is 4. The molecule has 1 N–H and O–H groups in total. The van der Waals surface area contributed by atoms with E-state index in [1.165, 1.54) is 6.07 Å². The number of esters is 1. The van der Waals surface area contributed by atoms with E-state index in [0.717, 1.165) is 25.4 Å². The Hall–Kier alpha value is -2.57. The summed E-state index contributed by atoms with van der Waals surface area (Å²) in [6.07, 6.45) is 0.719. The maximum Gasteiger partial charge on any atom is 0.345 e. The number of halogens is 2. The summed E-state index contributed by atoms with van der Waals surface area (Å²) in [7, 11) is 1.14. The van der Waals surface area contributed by atoms with Crippen molar-refractivity contribution in [3.63, 3.8) is 0 Å². The zero-order valence-electron chi connectivity index (χ0n) is 9.74. The lowest BCUT2D eigenvalue weighted by Gasteiger charge is -2.05. The van der Waals surface area contributed by atoms with E-state index in [9.17, 15) is 18.4 Å². The van der Waals surface area contributed by atoms with Crippen LogP contribution in [-0.4, -0.2) is 23.0 Å². The van der Waals surface area contributed by atoms with Crippen LogP contribution in [0.4, 0.5) is 8.78 Å². The molecule has 1 heterocycles. The van der Waals surface area contributed by atoms with E-state index < -0.39 is 23.3 Å². The fourth-order valence-electron chi connectivity index (χ4n) is 1.56. The summed E-state index contributed by atoms with van der Waals surface area (Å²) in [5.41, 5.74) is -1.10. The number of rotatable bonds is 2. The largest absolute Gasteiger partial charge is 0.465 e. The maximum atomic E-state index is 13.5. The SMILES string of the molecule is COC(=O)c1cc(F)cc(-c2[nH]c(=O)ncc2F)c1. The molecule has 1 aromatic heterocycles. The summed E-state index contributed by atoms with van der Waals surface area (Å²) < 4.78 is 31.4. The molecule has 0 spiro atoms. The van der Waals surface area contributed by atoms with Crippen molar-refractivity contribution in [1.29, 1.82) is 0 Å². The second-order valence-electron chi connectivity index (χ2n) is 3.63. The van der Waals surface area contributed by atoms with E-state index >= 15 is 0 Å². The Morgan fingerprint density at radius 2 is 2.05 bits per heavy atom. The van der Waals surface area contributed by atoms with Gasteiger partial charge in [-0.1, -0.05) is 0 Å². The number of hydrogen-bond donors (Lipinski definition) is 1. The van der Waals surface area contributed by atoms with Crippen LogP contribution < -0.4 is 5.69 Å². The molecule has 0 unspecified atom stereocenters. The Bertz CT molecular complexity index is 698. The second-order valence-corrected chi connectivity index (χ2v) is 3.63. The highest BCUT2D eigenvalue weighted by Crippen LogP contribution is 2.21. The van der Waals surface area contributed by atoms with E-state index in [4.69, 9.17) is 0 Å². The van der Waals surface area contributed by atoms with Crippen molar-refractivity contribution >= 4 is 5.97 Å². The van der Waals surface area contributed by atoms with Crippen molar-refractivity contribution in [3.05, 3.63) is 52.1 Å². The summed E-state index contributed by atoms with van der Waals surface area (Å²) >= 11 is 0. The topological polar surface area (TPSA) is 72.1 Å². The van der Waals surface area contributed by atoms with Gasteiger partial charge in [-0.25, -0.2) is 18.4 Å². The van der Waals surface area contributed by atoms with Crippen LogP contribution in [0.2, 0.25) is 0 Å². The average Bonchev–Trinajstić information content (AvgIpc) is 2.39. The van der Waals surface area contributed by atoms with Crippen LogP contribution in [0.3, 0.4) is 0 Å². The molecule has 0 bridgehead atoms. The molecule has 19 heavy (non-hydrogen) atoms. The van der Waals surface area contributed by atoms with E-state index in [2.05, 4.69) is 14.7 Å². The van der Waals surface area contributed by atoms with Crippen LogP contribution >= 0.6 is 0 Å². The Balaban J connectivity index is 2.62. The highest BCUT2D eigenvalue weighted by atomic mass is 19.1. The van der Waals surface area contributed by atoms with Crippen molar-refractivity contribution in [2.45, 2.75) is 0 Å². The van der Waals surface area contributed by atoms with Crippen molar-refractivity contribution in [2.75, 3.05) is 7.11 Å². The molecule has 0 aliphatic rings. The van der Waals surface area contributed by atoms with Gasteiger partial charge in [0.15, 0.2) is 5.82 Å². The normalized spacial score (nSPS) is 10.3. The van der Waals surface area contributed by atoms with E-state index in [-0.39, 0.29) is 16.8 Å². The highest BCUT2D eigenvalue weighted by Gasteiger charge is 2.13. The molecule has 1 aromatic carbocycles. The van der Waals surface area contributed by atoms with Crippen LogP contribution in [0, 0.1) is 11.6 Å². The lowest BCUT2D eigenvalue weighted by atomic mass is 10.1. The number of benzene rings is 1. The Morgan fingerprint density at radius 1 is 1.32 bits per heavy atom. The van der Waals surface area contributed by atoms with Crippen LogP contribution in [0.5, 0.6) is 0 Å². The molecule has 0 radical (unpaired) electrons. The molecule has 7 heteroatoms. The van der Waals surface area contributed by atoms with Gasteiger partial charge in [0, 0.05) is 5.56 Å². The minimum Gasteiger partial charge on any atom is -0.465 e. The molecule has 98 valence electrons. The van der Waals surface area contributed by atoms with Gasteiger partial charge in [-0.2, -0.15) is 4.98 Å². The molecule has 0 aliphatic carbocycles. The second kappa shape index (κ2) is 4.97. The molecule has 0 saturated carbocycles. The van der Waals surface area contributed by atoms with Crippen LogP contribution in [0.15, 0.2) is 29.2 Å². The predicted molar refractivity (Wildman–Crippen MR) is 61.5 cm³/mol. The Labute approximate surface area is 105 Å². The van der Waals surface area contributed by atoms with Gasteiger partial charge >= 0.3 is 11.7 Å². The summed E-state index contributed by atoms with van der Waals surface area (Å²) in [5.74, 6) is -2.35. The molecule has 0 aliphatic heterocycles. The number of carbonyl (C=O) groups is 1. The number of nitrogens with zero attached hydrogens (tertiary/aromatic N) is 1. The molecule has 0 atom stereocenters. The standard InChI is InChI=1S/C12H8F2N2O3/c1-19-11(17)7-2-6(3-8(13)4-7)10-9(14)5-15-12(18)16-10/h2-5H,1H3,(H,15,16,18). The van der Waals surface area contributed by atoms with Gasteiger partial charge in [-0.3, -0.25) is 0 Å². The van der Waals surface area contributed by atoms with Gasteiger partial charge in [0.2, 0.25) is 0 Å². The highest BCUT2D eigenvalue weighted by molar-refractivity contribution is 5.90. The lowest BCUT2D eigenvalue weighted by Crippen LogP contribution is -2.12. The number of aromatic nitrogens is 2. The number of carbonyl (C=O) groups excluding carboxylic acids is 1. The summed E-state index contributed by atoms with van der Waals surface area (Å²) in [5, 5.41) is 0. The zero-order valence-corrected chi connectivity index (χ0v) is 9.74. The lowest BCUT2D eigenvalue weighted by molar-refractivity contribution is 0.0600. The van der Waals surface area contributed by atoms with Gasteiger partial charge in [-0.15, -0.1) is 0 Å². The van der Waals surface area contributed by atoms with Gasteiger partial charge < -0.3 is 9.72 Å². The fourth-order valence-corrected chi connectivity index (χ4v) is 1.56. The molecule has 0 saturated heterocycles. The van der Waals surface area contributed by atoms with Crippen LogP contribution in [0.25, 0.3) is 11.3 Å². The third-order valence-electron chi connectivity index (χ3n) is 2.37. The first-order valence-electron chi connectivity index (χ1n) is 5.15. The number of H-pyrrole nitrogens is 1. The first kappa shape index (κ1) is 12.9. The molecule has 2 aromatic rings. The van der Waals surface area contributed by atoms with Gasteiger partial charge in [-0.05, 0) is 18.2 Å². The summed E-state index contributed by atoms with van der Waals surface area (Å²) in [6.45, 7) is 0. The minimum absolute atomic E-state index is 0.0115. The molecular weight excluding hydrogens is 258 g/mol. The van der Waals surface area contributed by atoms with E-state index in [1.54, 1.807) is 0 Å². The number of nitrogens with one attached hydrogen (secondary N) is 1. The number of ether oxygens (including phenoxy) is 1. The van der Waals surface area contributed by atoms with Crippen molar-refractivity contribution in [1.82, 2.24) is 9.97 Å². The van der Waals surface area contributed by atoms with Crippen LogP contribution in [-0.2, 0) is 4.74 Å². The van der Waals surface area contributed by atoms with Gasteiger partial charge in [0.05, 0.1) is 24.6 Å². The van der Waals surface area contributed by atoms with E-state index in [1.807, 2.05) is 0 Å². The Kier molecular flexibility index (Phi) is 3.37. The molecule has 0 fully saturated rings.